The lowest BCUT2D eigenvalue weighted by Gasteiger charge is -2.39. The second-order valence-corrected chi connectivity index (χ2v) is 10.9. The first kappa shape index (κ1) is 30.1. The third-order valence-electron chi connectivity index (χ3n) is 7.92. The minimum atomic E-state index is -0.456. The number of carbonyl (C=O) groups excluding carboxylic acids is 1. The summed E-state index contributed by atoms with van der Waals surface area (Å²) in [6.45, 7) is 4.96. The van der Waals surface area contributed by atoms with E-state index in [0.29, 0.717) is 69.8 Å². The van der Waals surface area contributed by atoms with Crippen LogP contribution < -0.4 is 25.1 Å². The number of methoxy groups -OCH3 is 1. The van der Waals surface area contributed by atoms with Crippen LogP contribution in [0.3, 0.4) is 0 Å². The first-order chi connectivity index (χ1) is 19.2. The summed E-state index contributed by atoms with van der Waals surface area (Å²) in [4.78, 5) is 30.6. The number of rotatable bonds is 11. The molecule has 0 radical (unpaired) electrons. The molecule has 4 rings (SSSR count). The van der Waals surface area contributed by atoms with Crippen LogP contribution in [0.1, 0.15) is 52.9 Å². The zero-order valence-corrected chi connectivity index (χ0v) is 24.4. The van der Waals surface area contributed by atoms with Gasteiger partial charge in [0, 0.05) is 29.4 Å². The summed E-state index contributed by atoms with van der Waals surface area (Å²) in [6.07, 6.45) is 3.89. The molecule has 0 saturated heterocycles. The van der Waals surface area contributed by atoms with Crippen LogP contribution in [0.25, 0.3) is 0 Å². The number of pyridine rings is 1. The lowest BCUT2D eigenvalue weighted by molar-refractivity contribution is 0.0182. The van der Waals surface area contributed by atoms with Crippen LogP contribution in [0.4, 0.5) is 4.39 Å². The van der Waals surface area contributed by atoms with E-state index in [9.17, 15) is 14.0 Å². The van der Waals surface area contributed by atoms with Gasteiger partial charge < -0.3 is 34.1 Å². The minimum Gasteiger partial charge on any atom is -0.496 e. The minimum absolute atomic E-state index is 0.00852. The number of halogens is 2. The lowest BCUT2D eigenvalue weighted by atomic mass is 9.82. The molecule has 1 aromatic carbocycles. The average molecular weight is 580 g/mol. The number of hydrogen-bond acceptors (Lipinski definition) is 7. The molecule has 1 atom stereocenters. The van der Waals surface area contributed by atoms with Gasteiger partial charge >= 0.3 is 0 Å². The zero-order chi connectivity index (χ0) is 28.8. The summed E-state index contributed by atoms with van der Waals surface area (Å²) in [5.41, 5.74) is 1.67. The van der Waals surface area contributed by atoms with Crippen LogP contribution in [-0.2, 0) is 11.3 Å². The summed E-state index contributed by atoms with van der Waals surface area (Å²) in [5.74, 6) is 1.28. The summed E-state index contributed by atoms with van der Waals surface area (Å²) < 4.78 is 35.4. The fourth-order valence-electron chi connectivity index (χ4n) is 5.56. The number of aryl methyl sites for hydroxylation is 1. The molecule has 1 saturated carbocycles. The van der Waals surface area contributed by atoms with Crippen LogP contribution in [0.2, 0.25) is 5.02 Å². The van der Waals surface area contributed by atoms with E-state index in [4.69, 9.17) is 30.5 Å². The summed E-state index contributed by atoms with van der Waals surface area (Å²) in [6, 6.07) is 3.74. The van der Waals surface area contributed by atoms with Gasteiger partial charge in [0.25, 0.3) is 11.5 Å². The summed E-state index contributed by atoms with van der Waals surface area (Å²) in [7, 11) is 3.57. The highest BCUT2D eigenvalue weighted by atomic mass is 35.5. The second kappa shape index (κ2) is 13.7. The fraction of sp³-hybridized carbons (Fsp3) is 0.586. The Bertz CT molecular complexity index is 1250. The van der Waals surface area contributed by atoms with Crippen molar-refractivity contribution in [1.29, 1.82) is 0 Å². The highest BCUT2D eigenvalue weighted by Crippen LogP contribution is 2.45. The monoisotopic (exact) mass is 579 g/mol. The Kier molecular flexibility index (Phi) is 10.3. The van der Waals surface area contributed by atoms with E-state index in [1.165, 1.54) is 7.11 Å². The SMILES string of the molecule is COc1cc(C)[nH]c(=O)c1CNC(=O)c1cc(Cl)c2c(c1C)O[C@@H](C1CCC(N(C)CCOCCF)CC1)CO2. The first-order valence-corrected chi connectivity index (χ1v) is 14.1. The predicted octanol–water partition coefficient (Wildman–Crippen LogP) is 4.20. The maximum atomic E-state index is 13.2. The topological polar surface area (TPSA) is 102 Å². The molecule has 40 heavy (non-hydrogen) atoms. The number of ether oxygens (including phenoxy) is 4. The van der Waals surface area contributed by atoms with Crippen molar-refractivity contribution >= 4 is 17.5 Å². The molecule has 1 amide bonds. The molecule has 220 valence electrons. The third kappa shape index (κ3) is 6.90. The van der Waals surface area contributed by atoms with E-state index in [-0.39, 0.29) is 30.7 Å². The molecular weight excluding hydrogens is 541 g/mol. The Morgan fingerprint density at radius 1 is 1.20 bits per heavy atom. The Balaban J connectivity index is 1.40. The maximum absolute atomic E-state index is 13.2. The lowest BCUT2D eigenvalue weighted by Crippen LogP contribution is -2.43. The number of benzene rings is 1. The molecule has 1 fully saturated rings. The molecule has 11 heteroatoms. The van der Waals surface area contributed by atoms with Crippen LogP contribution in [0.5, 0.6) is 17.2 Å². The van der Waals surface area contributed by atoms with Gasteiger partial charge in [0.1, 0.15) is 25.1 Å². The number of nitrogens with zero attached hydrogens (tertiary/aromatic N) is 1. The van der Waals surface area contributed by atoms with E-state index in [1.807, 2.05) is 6.92 Å². The molecule has 0 bridgehead atoms. The molecule has 1 aliphatic carbocycles. The molecular formula is C29H39ClFN3O6. The Morgan fingerprint density at radius 3 is 2.65 bits per heavy atom. The number of likely N-dealkylation sites (N-methyl/N-ethyl adjacent to an activating group) is 1. The number of amides is 1. The summed E-state index contributed by atoms with van der Waals surface area (Å²) in [5, 5.41) is 3.11. The number of carbonyl (C=O) groups is 1. The van der Waals surface area contributed by atoms with Crippen molar-refractivity contribution in [1.82, 2.24) is 15.2 Å². The van der Waals surface area contributed by atoms with Crippen molar-refractivity contribution in [2.45, 2.75) is 58.2 Å². The van der Waals surface area contributed by atoms with Crippen molar-refractivity contribution < 1.29 is 28.1 Å². The standard InChI is InChI=1S/C29H39ClFN3O6/c1-17-13-24(37-4)22(29(36)33-17)15-32-28(35)21-14-23(30)27-26(18(21)2)40-25(16-39-27)19-5-7-20(8-6-19)34(3)10-12-38-11-9-31/h13-14,19-20,25H,5-12,15-16H2,1-4H3,(H,32,35)(H,33,36)/t19?,20?,25-/m1/s1. The predicted molar refractivity (Wildman–Crippen MR) is 151 cm³/mol. The third-order valence-corrected chi connectivity index (χ3v) is 8.20. The van der Waals surface area contributed by atoms with Gasteiger partial charge in [-0.2, -0.15) is 0 Å². The number of aromatic nitrogens is 1. The van der Waals surface area contributed by atoms with Gasteiger partial charge in [-0.3, -0.25) is 9.59 Å². The van der Waals surface area contributed by atoms with E-state index in [1.54, 1.807) is 19.1 Å². The Hall–Kier alpha value is -2.82. The quantitative estimate of drug-likeness (QED) is 0.385. The van der Waals surface area contributed by atoms with Crippen LogP contribution in [0.15, 0.2) is 16.9 Å². The van der Waals surface area contributed by atoms with Gasteiger partial charge in [-0.15, -0.1) is 0 Å². The molecule has 2 aromatic rings. The molecule has 2 aliphatic rings. The second-order valence-electron chi connectivity index (χ2n) is 10.5. The van der Waals surface area contributed by atoms with E-state index in [0.717, 1.165) is 32.2 Å². The van der Waals surface area contributed by atoms with Crippen LogP contribution >= 0.6 is 11.6 Å². The molecule has 2 heterocycles. The zero-order valence-electron chi connectivity index (χ0n) is 23.6. The van der Waals surface area contributed by atoms with Crippen molar-refractivity contribution in [3.63, 3.8) is 0 Å². The van der Waals surface area contributed by atoms with Gasteiger partial charge in [-0.1, -0.05) is 11.6 Å². The smallest absolute Gasteiger partial charge is 0.256 e. The molecule has 1 aromatic heterocycles. The normalized spacial score (nSPS) is 20.4. The number of alkyl halides is 1. The van der Waals surface area contributed by atoms with Crippen molar-refractivity contribution in [2.75, 3.05) is 47.2 Å². The summed E-state index contributed by atoms with van der Waals surface area (Å²) >= 11 is 6.52. The number of nitrogens with one attached hydrogen (secondary N) is 2. The van der Waals surface area contributed by atoms with Gasteiger partial charge in [-0.25, -0.2) is 4.39 Å². The van der Waals surface area contributed by atoms with Crippen molar-refractivity contribution in [2.24, 2.45) is 5.92 Å². The van der Waals surface area contributed by atoms with E-state index in [2.05, 4.69) is 22.2 Å². The molecule has 9 nitrogen and oxygen atoms in total. The van der Waals surface area contributed by atoms with Crippen LogP contribution in [-0.4, -0.2) is 75.1 Å². The Morgan fingerprint density at radius 2 is 1.95 bits per heavy atom. The highest BCUT2D eigenvalue weighted by molar-refractivity contribution is 6.32. The Labute approximate surface area is 239 Å². The molecule has 0 unspecified atom stereocenters. The van der Waals surface area contributed by atoms with Crippen molar-refractivity contribution in [3.8, 4) is 17.2 Å². The fourth-order valence-corrected chi connectivity index (χ4v) is 5.81. The van der Waals surface area contributed by atoms with Crippen molar-refractivity contribution in [3.05, 3.63) is 49.9 Å². The molecule has 1 aliphatic heterocycles. The maximum Gasteiger partial charge on any atom is 0.256 e. The number of fused-ring (bicyclic) bond motifs is 1. The first-order valence-electron chi connectivity index (χ1n) is 13.7. The number of aromatic amines is 1. The van der Waals surface area contributed by atoms with E-state index >= 15 is 0 Å². The number of H-pyrrole nitrogens is 1. The van der Waals surface area contributed by atoms with Gasteiger partial charge in [0.05, 0.1) is 37.5 Å². The molecule has 2 N–H and O–H groups in total. The van der Waals surface area contributed by atoms with Gasteiger partial charge in [-0.05, 0) is 64.6 Å². The average Bonchev–Trinajstić information content (AvgIpc) is 2.95. The highest BCUT2D eigenvalue weighted by Gasteiger charge is 2.35. The van der Waals surface area contributed by atoms with Gasteiger partial charge in [0.2, 0.25) is 0 Å². The van der Waals surface area contributed by atoms with E-state index < -0.39 is 6.67 Å². The number of hydrogen-bond donors (Lipinski definition) is 2. The van der Waals surface area contributed by atoms with Crippen LogP contribution in [0, 0.1) is 19.8 Å². The molecule has 0 spiro atoms. The van der Waals surface area contributed by atoms with Gasteiger partial charge in [0.15, 0.2) is 11.5 Å². The largest absolute Gasteiger partial charge is 0.496 e.